The van der Waals surface area contributed by atoms with Crippen LogP contribution in [0.3, 0.4) is 0 Å². The van der Waals surface area contributed by atoms with Crippen LogP contribution in [0.2, 0.25) is 0 Å². The monoisotopic (exact) mass is 399 g/mol. The Balaban J connectivity index is 2.30. The Morgan fingerprint density at radius 1 is 1.10 bits per heavy atom. The third-order valence-electron chi connectivity index (χ3n) is 3.16. The maximum Gasteiger partial charge on any atom is 0.123 e. The van der Waals surface area contributed by atoms with E-state index in [-0.39, 0.29) is 11.9 Å². The third-order valence-corrected chi connectivity index (χ3v) is 4.66. The molecule has 0 bridgehead atoms. The van der Waals surface area contributed by atoms with Gasteiger partial charge in [0.2, 0.25) is 0 Å². The van der Waals surface area contributed by atoms with E-state index < -0.39 is 0 Å². The Morgan fingerprint density at radius 3 is 2.55 bits per heavy atom. The zero-order valence-electron chi connectivity index (χ0n) is 11.2. The van der Waals surface area contributed by atoms with Gasteiger partial charge in [0, 0.05) is 15.0 Å². The van der Waals surface area contributed by atoms with Gasteiger partial charge in [0.25, 0.3) is 0 Å². The highest BCUT2D eigenvalue weighted by atomic mass is 79.9. The Labute approximate surface area is 135 Å². The van der Waals surface area contributed by atoms with E-state index in [4.69, 9.17) is 0 Å². The van der Waals surface area contributed by atoms with Gasteiger partial charge in [0.1, 0.15) is 5.82 Å². The van der Waals surface area contributed by atoms with Crippen LogP contribution in [0.4, 0.5) is 4.39 Å². The molecule has 0 amide bonds. The minimum Gasteiger partial charge on any atom is -0.310 e. The van der Waals surface area contributed by atoms with Gasteiger partial charge in [-0.1, -0.05) is 57.0 Å². The lowest BCUT2D eigenvalue weighted by Crippen LogP contribution is -2.23. The van der Waals surface area contributed by atoms with Crippen LogP contribution >= 0.6 is 31.9 Å². The van der Waals surface area contributed by atoms with Crippen LogP contribution in [0.15, 0.2) is 51.4 Å². The lowest BCUT2D eigenvalue weighted by atomic mass is 9.99. The first kappa shape index (κ1) is 15.7. The summed E-state index contributed by atoms with van der Waals surface area (Å²) >= 11 is 7.08. The van der Waals surface area contributed by atoms with Crippen LogP contribution in [0.25, 0.3) is 0 Å². The molecule has 1 unspecified atom stereocenters. The van der Waals surface area contributed by atoms with E-state index in [0.717, 1.165) is 27.5 Å². The molecule has 0 aliphatic heterocycles. The molecule has 0 heterocycles. The van der Waals surface area contributed by atoms with Crippen molar-refractivity contribution in [1.82, 2.24) is 5.32 Å². The van der Waals surface area contributed by atoms with Gasteiger partial charge in [0.15, 0.2) is 0 Å². The summed E-state index contributed by atoms with van der Waals surface area (Å²) in [6, 6.07) is 13.1. The summed E-state index contributed by atoms with van der Waals surface area (Å²) in [6.07, 6.45) is 0.731. The summed E-state index contributed by atoms with van der Waals surface area (Å²) in [5.41, 5.74) is 2.15. The molecule has 20 heavy (non-hydrogen) atoms. The zero-order valence-corrected chi connectivity index (χ0v) is 14.3. The molecule has 0 radical (unpaired) electrons. The normalized spacial score (nSPS) is 12.4. The van der Waals surface area contributed by atoms with Crippen molar-refractivity contribution in [2.45, 2.75) is 19.4 Å². The van der Waals surface area contributed by atoms with Crippen molar-refractivity contribution >= 4 is 31.9 Å². The van der Waals surface area contributed by atoms with Gasteiger partial charge in [-0.2, -0.15) is 0 Å². The maximum atomic E-state index is 13.4. The number of rotatable bonds is 5. The van der Waals surface area contributed by atoms with Crippen molar-refractivity contribution in [2.75, 3.05) is 6.54 Å². The summed E-state index contributed by atoms with van der Waals surface area (Å²) in [7, 11) is 0. The van der Waals surface area contributed by atoms with Gasteiger partial charge in [-0.3, -0.25) is 0 Å². The van der Waals surface area contributed by atoms with Crippen molar-refractivity contribution in [3.63, 3.8) is 0 Å². The molecule has 0 aliphatic carbocycles. The first-order valence-corrected chi connectivity index (χ1v) is 8.12. The minimum atomic E-state index is -0.203. The van der Waals surface area contributed by atoms with E-state index in [1.54, 1.807) is 12.1 Å². The smallest absolute Gasteiger partial charge is 0.123 e. The van der Waals surface area contributed by atoms with Gasteiger partial charge in [-0.05, 0) is 48.4 Å². The molecule has 1 N–H and O–H groups in total. The summed E-state index contributed by atoms with van der Waals surface area (Å²) in [5.74, 6) is -0.203. The van der Waals surface area contributed by atoms with E-state index >= 15 is 0 Å². The molecule has 0 saturated carbocycles. The quantitative estimate of drug-likeness (QED) is 0.723. The van der Waals surface area contributed by atoms with E-state index in [1.807, 2.05) is 18.2 Å². The SMILES string of the molecule is CCNC(Cc1cc(F)ccc1Br)c1ccccc1Br. The van der Waals surface area contributed by atoms with Crippen molar-refractivity contribution in [3.8, 4) is 0 Å². The minimum absolute atomic E-state index is 0.147. The summed E-state index contributed by atoms with van der Waals surface area (Å²) in [5, 5.41) is 3.46. The largest absolute Gasteiger partial charge is 0.310 e. The molecular formula is C16H16Br2FN. The molecule has 0 fully saturated rings. The Kier molecular flexibility index (Phi) is 5.75. The zero-order chi connectivity index (χ0) is 14.5. The first-order chi connectivity index (χ1) is 9.61. The average Bonchev–Trinajstić information content (AvgIpc) is 2.43. The van der Waals surface area contributed by atoms with Gasteiger partial charge in [-0.25, -0.2) is 4.39 Å². The number of nitrogens with one attached hydrogen (secondary N) is 1. The van der Waals surface area contributed by atoms with Crippen LogP contribution in [0.5, 0.6) is 0 Å². The summed E-state index contributed by atoms with van der Waals surface area (Å²) in [4.78, 5) is 0. The second kappa shape index (κ2) is 7.34. The molecule has 0 spiro atoms. The fourth-order valence-electron chi connectivity index (χ4n) is 2.22. The third kappa shape index (κ3) is 3.90. The summed E-state index contributed by atoms with van der Waals surface area (Å²) in [6.45, 7) is 2.93. The fraction of sp³-hybridized carbons (Fsp3) is 0.250. The fourth-order valence-corrected chi connectivity index (χ4v) is 3.19. The Hall–Kier alpha value is -0.710. The lowest BCUT2D eigenvalue weighted by Gasteiger charge is -2.20. The van der Waals surface area contributed by atoms with Crippen LogP contribution in [0.1, 0.15) is 24.1 Å². The second-order valence-corrected chi connectivity index (χ2v) is 6.28. The van der Waals surface area contributed by atoms with Crippen LogP contribution < -0.4 is 5.32 Å². The number of hydrogen-bond acceptors (Lipinski definition) is 1. The molecule has 0 saturated heterocycles. The molecule has 4 heteroatoms. The highest BCUT2D eigenvalue weighted by molar-refractivity contribution is 9.10. The number of hydrogen-bond donors (Lipinski definition) is 1. The van der Waals surface area contributed by atoms with Crippen molar-refractivity contribution in [3.05, 3.63) is 68.4 Å². The van der Waals surface area contributed by atoms with Crippen LogP contribution in [-0.2, 0) is 6.42 Å². The topological polar surface area (TPSA) is 12.0 Å². The number of halogens is 3. The highest BCUT2D eigenvalue weighted by Gasteiger charge is 2.15. The van der Waals surface area contributed by atoms with Crippen molar-refractivity contribution in [1.29, 1.82) is 0 Å². The molecule has 0 aliphatic rings. The predicted octanol–water partition coefficient (Wildman–Crippen LogP) is 5.24. The molecule has 2 aromatic rings. The van der Waals surface area contributed by atoms with Gasteiger partial charge in [0.05, 0.1) is 0 Å². The number of likely N-dealkylation sites (N-methyl/N-ethyl adjacent to an activating group) is 1. The standard InChI is InChI=1S/C16H16Br2FN/c1-2-20-16(13-5-3-4-6-15(13)18)10-11-9-12(19)7-8-14(11)17/h3-9,16,20H,2,10H2,1H3. The van der Waals surface area contributed by atoms with Gasteiger partial charge in [-0.15, -0.1) is 0 Å². The highest BCUT2D eigenvalue weighted by Crippen LogP contribution is 2.28. The van der Waals surface area contributed by atoms with Crippen molar-refractivity contribution < 1.29 is 4.39 Å². The Morgan fingerprint density at radius 2 is 1.85 bits per heavy atom. The van der Waals surface area contributed by atoms with Gasteiger partial charge < -0.3 is 5.32 Å². The predicted molar refractivity (Wildman–Crippen MR) is 88.4 cm³/mol. The molecule has 106 valence electrons. The van der Waals surface area contributed by atoms with Crippen LogP contribution in [0, 0.1) is 5.82 Å². The van der Waals surface area contributed by atoms with E-state index in [1.165, 1.54) is 11.6 Å². The second-order valence-electron chi connectivity index (χ2n) is 4.57. The van der Waals surface area contributed by atoms with Crippen LogP contribution in [-0.4, -0.2) is 6.54 Å². The Bertz CT molecular complexity index is 586. The maximum absolute atomic E-state index is 13.4. The molecule has 1 atom stereocenters. The molecule has 1 nitrogen and oxygen atoms in total. The van der Waals surface area contributed by atoms with Crippen molar-refractivity contribution in [2.24, 2.45) is 0 Å². The molecule has 0 aromatic heterocycles. The van der Waals surface area contributed by atoms with E-state index in [0.29, 0.717) is 0 Å². The lowest BCUT2D eigenvalue weighted by molar-refractivity contribution is 0.544. The van der Waals surface area contributed by atoms with E-state index in [9.17, 15) is 4.39 Å². The van der Waals surface area contributed by atoms with Gasteiger partial charge >= 0.3 is 0 Å². The first-order valence-electron chi connectivity index (χ1n) is 6.53. The van der Waals surface area contributed by atoms with E-state index in [2.05, 4.69) is 50.2 Å². The number of benzene rings is 2. The molecular weight excluding hydrogens is 385 g/mol. The molecule has 2 aromatic carbocycles. The summed E-state index contributed by atoms with van der Waals surface area (Å²) < 4.78 is 15.4. The average molecular weight is 401 g/mol. The molecule has 2 rings (SSSR count).